The number of ether oxygens (including phenoxy) is 1. The largest absolute Gasteiger partial charge is 0.489 e. The Morgan fingerprint density at radius 2 is 1.83 bits per heavy atom. The number of rotatable bonds is 10. The number of carbonyl (C=O) groups excluding carboxylic acids is 1. The molecule has 156 valence electrons. The first-order chi connectivity index (χ1) is 13.9. The van der Waals surface area contributed by atoms with Gasteiger partial charge < -0.3 is 26.2 Å². The Labute approximate surface area is 166 Å². The number of hydrogen-bond donors (Lipinski definition) is 4. The van der Waals surface area contributed by atoms with Crippen LogP contribution in [-0.4, -0.2) is 29.7 Å². The molecule has 0 bridgehead atoms. The lowest BCUT2D eigenvalue weighted by molar-refractivity contribution is -0.139. The van der Waals surface area contributed by atoms with E-state index in [1.165, 1.54) is 0 Å². The molecule has 0 aliphatic heterocycles. The highest BCUT2D eigenvalue weighted by atomic mass is 19.1. The third-order valence-corrected chi connectivity index (χ3v) is 4.06. The predicted octanol–water partition coefficient (Wildman–Crippen LogP) is 3.25. The SMILES string of the molecule is NCCCCC(NC(=O)Nc1ccc(OCc2cc(F)ccc2F)cc1)C(=O)O. The number of nitrogens with two attached hydrogens (primary N) is 1. The first-order valence-electron chi connectivity index (χ1n) is 9.06. The Hall–Kier alpha value is -3.20. The molecule has 29 heavy (non-hydrogen) atoms. The Kier molecular flexibility index (Phi) is 8.35. The average molecular weight is 407 g/mol. The fourth-order valence-corrected chi connectivity index (χ4v) is 2.53. The molecule has 0 fully saturated rings. The van der Waals surface area contributed by atoms with Crippen LogP contribution in [0.5, 0.6) is 5.75 Å². The minimum atomic E-state index is -1.12. The molecule has 0 radical (unpaired) electrons. The van der Waals surface area contributed by atoms with E-state index in [4.69, 9.17) is 10.5 Å². The zero-order valence-electron chi connectivity index (χ0n) is 15.7. The van der Waals surface area contributed by atoms with Crippen molar-refractivity contribution in [3.63, 3.8) is 0 Å². The van der Waals surface area contributed by atoms with Gasteiger partial charge in [-0.05, 0) is 68.3 Å². The first-order valence-corrected chi connectivity index (χ1v) is 9.06. The van der Waals surface area contributed by atoms with Crippen LogP contribution in [-0.2, 0) is 11.4 Å². The molecule has 5 N–H and O–H groups in total. The quantitative estimate of drug-likeness (QED) is 0.452. The van der Waals surface area contributed by atoms with E-state index in [9.17, 15) is 23.5 Å². The van der Waals surface area contributed by atoms with Crippen molar-refractivity contribution in [2.75, 3.05) is 11.9 Å². The van der Waals surface area contributed by atoms with E-state index in [1.807, 2.05) is 0 Å². The topological polar surface area (TPSA) is 114 Å². The van der Waals surface area contributed by atoms with Crippen LogP contribution >= 0.6 is 0 Å². The molecule has 0 aromatic heterocycles. The highest BCUT2D eigenvalue weighted by Crippen LogP contribution is 2.18. The molecule has 2 amide bonds. The number of anilines is 1. The van der Waals surface area contributed by atoms with E-state index < -0.39 is 29.7 Å². The Morgan fingerprint density at radius 3 is 2.48 bits per heavy atom. The van der Waals surface area contributed by atoms with Crippen LogP contribution in [0.1, 0.15) is 24.8 Å². The number of nitrogens with one attached hydrogen (secondary N) is 2. The summed E-state index contributed by atoms with van der Waals surface area (Å²) in [6.45, 7) is 0.304. The van der Waals surface area contributed by atoms with Crippen LogP contribution in [0, 0.1) is 11.6 Å². The molecule has 0 saturated carbocycles. The number of carboxylic acids is 1. The summed E-state index contributed by atoms with van der Waals surface area (Å²) in [4.78, 5) is 23.2. The van der Waals surface area contributed by atoms with Gasteiger partial charge in [-0.3, -0.25) is 0 Å². The van der Waals surface area contributed by atoms with Gasteiger partial charge in [0.25, 0.3) is 0 Å². The fraction of sp³-hybridized carbons (Fsp3) is 0.300. The fourth-order valence-electron chi connectivity index (χ4n) is 2.53. The lowest BCUT2D eigenvalue weighted by Gasteiger charge is -2.15. The van der Waals surface area contributed by atoms with Crippen molar-refractivity contribution in [2.45, 2.75) is 31.9 Å². The maximum absolute atomic E-state index is 13.6. The molecule has 0 aliphatic rings. The Bertz CT molecular complexity index is 831. The molecule has 2 rings (SSSR count). The monoisotopic (exact) mass is 407 g/mol. The van der Waals surface area contributed by atoms with Crippen LogP contribution in [0.15, 0.2) is 42.5 Å². The van der Waals surface area contributed by atoms with Gasteiger partial charge in [0.2, 0.25) is 0 Å². The molecule has 1 atom stereocenters. The van der Waals surface area contributed by atoms with Crippen LogP contribution in [0.2, 0.25) is 0 Å². The summed E-state index contributed by atoms with van der Waals surface area (Å²) in [6.07, 6.45) is 1.54. The van der Waals surface area contributed by atoms with Crippen molar-refractivity contribution in [3.8, 4) is 5.75 Å². The van der Waals surface area contributed by atoms with Gasteiger partial charge in [-0.1, -0.05) is 0 Å². The van der Waals surface area contributed by atoms with Crippen molar-refractivity contribution < 1.29 is 28.2 Å². The van der Waals surface area contributed by atoms with Crippen LogP contribution in [0.4, 0.5) is 19.3 Å². The molecule has 9 heteroatoms. The van der Waals surface area contributed by atoms with Gasteiger partial charge in [0.15, 0.2) is 0 Å². The Morgan fingerprint density at radius 1 is 1.10 bits per heavy atom. The summed E-state index contributed by atoms with van der Waals surface area (Å²) >= 11 is 0. The molecule has 0 heterocycles. The highest BCUT2D eigenvalue weighted by Gasteiger charge is 2.19. The summed E-state index contributed by atoms with van der Waals surface area (Å²) in [6, 6.07) is 7.62. The zero-order valence-corrected chi connectivity index (χ0v) is 15.7. The van der Waals surface area contributed by atoms with Crippen LogP contribution in [0.25, 0.3) is 0 Å². The number of halogens is 2. The van der Waals surface area contributed by atoms with Crippen molar-refractivity contribution in [1.29, 1.82) is 0 Å². The summed E-state index contributed by atoms with van der Waals surface area (Å²) in [5, 5.41) is 14.1. The molecular weight excluding hydrogens is 384 g/mol. The molecule has 0 saturated heterocycles. The number of carboxylic acid groups (broad SMARTS) is 1. The molecule has 2 aromatic carbocycles. The van der Waals surface area contributed by atoms with E-state index >= 15 is 0 Å². The minimum absolute atomic E-state index is 0.0842. The van der Waals surface area contributed by atoms with Crippen molar-refractivity contribution >= 4 is 17.7 Å². The summed E-state index contributed by atoms with van der Waals surface area (Å²) in [5.74, 6) is -1.85. The van der Waals surface area contributed by atoms with E-state index in [0.29, 0.717) is 30.8 Å². The van der Waals surface area contributed by atoms with E-state index in [2.05, 4.69) is 10.6 Å². The number of urea groups is 1. The third-order valence-electron chi connectivity index (χ3n) is 4.06. The lowest BCUT2D eigenvalue weighted by Crippen LogP contribution is -2.43. The van der Waals surface area contributed by atoms with Gasteiger partial charge in [0.05, 0.1) is 0 Å². The van der Waals surface area contributed by atoms with E-state index in [1.54, 1.807) is 24.3 Å². The van der Waals surface area contributed by atoms with Crippen LogP contribution in [0.3, 0.4) is 0 Å². The molecule has 7 nitrogen and oxygen atoms in total. The molecule has 0 spiro atoms. The maximum atomic E-state index is 13.6. The smallest absolute Gasteiger partial charge is 0.326 e. The number of aliphatic carboxylic acids is 1. The summed E-state index contributed by atoms with van der Waals surface area (Å²) in [5.41, 5.74) is 5.88. The molecule has 1 unspecified atom stereocenters. The zero-order chi connectivity index (χ0) is 21.2. The van der Waals surface area contributed by atoms with Gasteiger partial charge in [0.1, 0.15) is 30.0 Å². The molecule has 0 aliphatic carbocycles. The van der Waals surface area contributed by atoms with Gasteiger partial charge >= 0.3 is 12.0 Å². The normalized spacial score (nSPS) is 11.6. The summed E-state index contributed by atoms with van der Waals surface area (Å²) < 4.78 is 32.2. The van der Waals surface area contributed by atoms with Gasteiger partial charge in [-0.15, -0.1) is 0 Å². The number of amides is 2. The molecule has 2 aromatic rings. The maximum Gasteiger partial charge on any atom is 0.326 e. The van der Waals surface area contributed by atoms with E-state index in [0.717, 1.165) is 18.2 Å². The number of benzene rings is 2. The second kappa shape index (κ2) is 11.0. The second-order valence-corrected chi connectivity index (χ2v) is 6.32. The van der Waals surface area contributed by atoms with Gasteiger partial charge in [0, 0.05) is 11.3 Å². The van der Waals surface area contributed by atoms with Crippen molar-refractivity contribution in [2.24, 2.45) is 5.73 Å². The predicted molar refractivity (Wildman–Crippen MR) is 104 cm³/mol. The number of carbonyl (C=O) groups is 2. The highest BCUT2D eigenvalue weighted by molar-refractivity contribution is 5.92. The molecular formula is C20H23F2N3O4. The van der Waals surface area contributed by atoms with Crippen molar-refractivity contribution in [3.05, 3.63) is 59.7 Å². The Balaban J connectivity index is 1.86. The summed E-state index contributed by atoms with van der Waals surface area (Å²) in [7, 11) is 0. The third kappa shape index (κ3) is 7.38. The van der Waals surface area contributed by atoms with Crippen LogP contribution < -0.4 is 21.1 Å². The van der Waals surface area contributed by atoms with E-state index in [-0.39, 0.29) is 18.6 Å². The van der Waals surface area contributed by atoms with Gasteiger partial charge in [-0.2, -0.15) is 0 Å². The van der Waals surface area contributed by atoms with Crippen molar-refractivity contribution in [1.82, 2.24) is 5.32 Å². The first kappa shape index (κ1) is 22.1. The second-order valence-electron chi connectivity index (χ2n) is 6.32. The minimum Gasteiger partial charge on any atom is -0.489 e. The lowest BCUT2D eigenvalue weighted by atomic mass is 10.1. The number of unbranched alkanes of at least 4 members (excludes halogenated alkanes) is 1. The standard InChI is InChI=1S/C20H23F2N3O4/c21-14-4-9-17(22)13(11-14)12-29-16-7-5-15(6-8-16)24-20(28)25-18(19(26)27)3-1-2-10-23/h4-9,11,18H,1-3,10,12,23H2,(H,26,27)(H2,24,25,28). The number of hydrogen-bond acceptors (Lipinski definition) is 4. The van der Waals surface area contributed by atoms with Gasteiger partial charge in [-0.25, -0.2) is 18.4 Å². The average Bonchev–Trinajstić information content (AvgIpc) is 2.69.